The number of nitrogens with zero attached hydrogens (tertiary/aromatic N) is 1. The lowest BCUT2D eigenvalue weighted by molar-refractivity contribution is 0.102. The van der Waals surface area contributed by atoms with Crippen LogP contribution in [0.5, 0.6) is 0 Å². The molecule has 3 aromatic rings. The predicted octanol–water partition coefficient (Wildman–Crippen LogP) is 4.28. The van der Waals surface area contributed by atoms with Crippen molar-refractivity contribution in [1.29, 1.82) is 0 Å². The number of pyridine rings is 1. The smallest absolute Gasteiger partial charge is 0.258 e. The summed E-state index contributed by atoms with van der Waals surface area (Å²) in [5.74, 6) is -1.06. The number of amides is 1. The molecule has 0 saturated carbocycles. The van der Waals surface area contributed by atoms with Crippen molar-refractivity contribution in [3.05, 3.63) is 71.1 Å². The van der Waals surface area contributed by atoms with Crippen LogP contribution in [-0.2, 0) is 0 Å². The fraction of sp³-hybridized carbons (Fsp3) is 0. The summed E-state index contributed by atoms with van der Waals surface area (Å²) in [5, 5.41) is 4.00. The van der Waals surface area contributed by atoms with E-state index in [1.807, 2.05) is 0 Å². The molecule has 0 fully saturated rings. The Hall–Kier alpha value is -2.46. The van der Waals surface area contributed by atoms with E-state index in [0.717, 1.165) is 5.39 Å². The van der Waals surface area contributed by atoms with Crippen molar-refractivity contribution in [2.45, 2.75) is 0 Å². The first kappa shape index (κ1) is 13.5. The molecule has 1 aromatic heterocycles. The first-order chi connectivity index (χ1) is 10.1. The standard InChI is InChI=1S/C16H10ClFN2O/c17-10-5-6-12-14(7-8-19-15(12)9-10)20-16(21)11-3-1-2-4-13(11)18/h1-9H,(H,19,20,21). The number of aromatic nitrogens is 1. The molecule has 104 valence electrons. The van der Waals surface area contributed by atoms with E-state index in [2.05, 4.69) is 10.3 Å². The summed E-state index contributed by atoms with van der Waals surface area (Å²) in [6.45, 7) is 0. The van der Waals surface area contributed by atoms with Gasteiger partial charge in [-0.2, -0.15) is 0 Å². The van der Waals surface area contributed by atoms with E-state index >= 15 is 0 Å². The van der Waals surface area contributed by atoms with Gasteiger partial charge in [0.2, 0.25) is 0 Å². The zero-order valence-electron chi connectivity index (χ0n) is 10.8. The Balaban J connectivity index is 1.99. The van der Waals surface area contributed by atoms with Crippen LogP contribution in [0.2, 0.25) is 5.02 Å². The van der Waals surface area contributed by atoms with Gasteiger partial charge in [0, 0.05) is 16.6 Å². The van der Waals surface area contributed by atoms with E-state index in [9.17, 15) is 9.18 Å². The van der Waals surface area contributed by atoms with E-state index in [4.69, 9.17) is 11.6 Å². The van der Waals surface area contributed by atoms with Gasteiger partial charge in [0.05, 0.1) is 16.8 Å². The number of rotatable bonds is 2. The molecule has 1 heterocycles. The number of benzene rings is 2. The molecular formula is C16H10ClFN2O. The third-order valence-corrected chi connectivity index (χ3v) is 3.31. The zero-order chi connectivity index (χ0) is 14.8. The molecule has 5 heteroatoms. The molecule has 0 spiro atoms. The SMILES string of the molecule is O=C(Nc1ccnc2cc(Cl)ccc12)c1ccccc1F. The number of hydrogen-bond donors (Lipinski definition) is 1. The molecule has 0 atom stereocenters. The fourth-order valence-corrected chi connectivity index (χ4v) is 2.23. The molecule has 0 aliphatic heterocycles. The Morgan fingerprint density at radius 3 is 2.76 bits per heavy atom. The van der Waals surface area contributed by atoms with Crippen LogP contribution in [0.1, 0.15) is 10.4 Å². The Morgan fingerprint density at radius 1 is 1.14 bits per heavy atom. The van der Waals surface area contributed by atoms with Gasteiger partial charge in [0.25, 0.3) is 5.91 Å². The maximum Gasteiger partial charge on any atom is 0.258 e. The van der Waals surface area contributed by atoms with Gasteiger partial charge in [-0.25, -0.2) is 4.39 Å². The molecule has 3 nitrogen and oxygen atoms in total. The summed E-state index contributed by atoms with van der Waals surface area (Å²) in [6.07, 6.45) is 1.57. The first-order valence-corrected chi connectivity index (χ1v) is 6.63. The minimum absolute atomic E-state index is 0.00331. The van der Waals surface area contributed by atoms with Gasteiger partial charge < -0.3 is 5.32 Å². The van der Waals surface area contributed by atoms with Crippen LogP contribution in [0.4, 0.5) is 10.1 Å². The van der Waals surface area contributed by atoms with Crippen LogP contribution in [-0.4, -0.2) is 10.9 Å². The number of halogens is 2. The zero-order valence-corrected chi connectivity index (χ0v) is 11.6. The number of carbonyl (C=O) groups is 1. The second-order valence-corrected chi connectivity index (χ2v) is 4.89. The van der Waals surface area contributed by atoms with Crippen molar-refractivity contribution in [3.8, 4) is 0 Å². The lowest BCUT2D eigenvalue weighted by atomic mass is 10.1. The largest absolute Gasteiger partial charge is 0.321 e. The van der Waals surface area contributed by atoms with E-state index in [1.165, 1.54) is 18.2 Å². The number of fused-ring (bicyclic) bond motifs is 1. The summed E-state index contributed by atoms with van der Waals surface area (Å²) in [7, 11) is 0. The molecule has 0 unspecified atom stereocenters. The third kappa shape index (κ3) is 2.71. The molecule has 1 amide bonds. The number of anilines is 1. The van der Waals surface area contributed by atoms with Crippen LogP contribution in [0.15, 0.2) is 54.7 Å². The van der Waals surface area contributed by atoms with Crippen molar-refractivity contribution in [1.82, 2.24) is 4.98 Å². The summed E-state index contributed by atoms with van der Waals surface area (Å²) < 4.78 is 13.6. The maximum absolute atomic E-state index is 13.6. The minimum atomic E-state index is -0.559. The summed E-state index contributed by atoms with van der Waals surface area (Å²) >= 11 is 5.92. The Labute approximate surface area is 125 Å². The lowest BCUT2D eigenvalue weighted by Crippen LogP contribution is -2.13. The van der Waals surface area contributed by atoms with Crippen molar-refractivity contribution in [3.63, 3.8) is 0 Å². The Bertz CT molecular complexity index is 835. The molecule has 0 aliphatic rings. The van der Waals surface area contributed by atoms with Crippen molar-refractivity contribution in [2.24, 2.45) is 0 Å². The van der Waals surface area contributed by atoms with Crippen LogP contribution < -0.4 is 5.32 Å². The van der Waals surface area contributed by atoms with Gasteiger partial charge in [-0.15, -0.1) is 0 Å². The molecule has 21 heavy (non-hydrogen) atoms. The van der Waals surface area contributed by atoms with Gasteiger partial charge in [-0.05, 0) is 36.4 Å². The molecule has 1 N–H and O–H groups in total. The normalized spacial score (nSPS) is 10.6. The van der Waals surface area contributed by atoms with Crippen molar-refractivity contribution in [2.75, 3.05) is 5.32 Å². The van der Waals surface area contributed by atoms with E-state index < -0.39 is 11.7 Å². The van der Waals surface area contributed by atoms with E-state index in [1.54, 1.807) is 36.5 Å². The average Bonchev–Trinajstić information content (AvgIpc) is 2.47. The molecule has 2 aromatic carbocycles. The van der Waals surface area contributed by atoms with Gasteiger partial charge >= 0.3 is 0 Å². The topological polar surface area (TPSA) is 42.0 Å². The molecular weight excluding hydrogens is 291 g/mol. The van der Waals surface area contributed by atoms with Gasteiger partial charge in [-0.3, -0.25) is 9.78 Å². The van der Waals surface area contributed by atoms with Crippen LogP contribution in [0, 0.1) is 5.82 Å². The van der Waals surface area contributed by atoms with E-state index in [0.29, 0.717) is 16.2 Å². The lowest BCUT2D eigenvalue weighted by Gasteiger charge is -2.09. The quantitative estimate of drug-likeness (QED) is 0.767. The van der Waals surface area contributed by atoms with E-state index in [-0.39, 0.29) is 5.56 Å². The third-order valence-electron chi connectivity index (χ3n) is 3.07. The van der Waals surface area contributed by atoms with Crippen LogP contribution in [0.25, 0.3) is 10.9 Å². The van der Waals surface area contributed by atoms with Crippen LogP contribution in [0.3, 0.4) is 0 Å². The van der Waals surface area contributed by atoms with Gasteiger partial charge in [0.1, 0.15) is 5.82 Å². The number of carbonyl (C=O) groups excluding carboxylic acids is 1. The number of nitrogens with one attached hydrogen (secondary N) is 1. The molecule has 0 saturated heterocycles. The Kier molecular flexibility index (Phi) is 3.54. The minimum Gasteiger partial charge on any atom is -0.321 e. The van der Waals surface area contributed by atoms with Gasteiger partial charge in [-0.1, -0.05) is 23.7 Å². The Morgan fingerprint density at radius 2 is 1.95 bits per heavy atom. The summed E-state index contributed by atoms with van der Waals surface area (Å²) in [4.78, 5) is 16.3. The highest BCUT2D eigenvalue weighted by molar-refractivity contribution is 6.31. The fourth-order valence-electron chi connectivity index (χ4n) is 2.07. The molecule has 0 radical (unpaired) electrons. The van der Waals surface area contributed by atoms with Gasteiger partial charge in [0.15, 0.2) is 0 Å². The second-order valence-electron chi connectivity index (χ2n) is 4.45. The molecule has 3 rings (SSSR count). The monoisotopic (exact) mass is 300 g/mol. The highest BCUT2D eigenvalue weighted by Crippen LogP contribution is 2.25. The molecule has 0 aliphatic carbocycles. The second kappa shape index (κ2) is 5.50. The van der Waals surface area contributed by atoms with Crippen molar-refractivity contribution >= 4 is 34.1 Å². The summed E-state index contributed by atoms with van der Waals surface area (Å²) in [6, 6.07) is 12.7. The maximum atomic E-state index is 13.6. The highest BCUT2D eigenvalue weighted by atomic mass is 35.5. The summed E-state index contributed by atoms with van der Waals surface area (Å²) in [5.41, 5.74) is 1.22. The number of hydrogen-bond acceptors (Lipinski definition) is 2. The average molecular weight is 301 g/mol. The van der Waals surface area contributed by atoms with Crippen molar-refractivity contribution < 1.29 is 9.18 Å². The predicted molar refractivity (Wildman–Crippen MR) is 81.1 cm³/mol. The molecule has 0 bridgehead atoms. The van der Waals surface area contributed by atoms with Crippen LogP contribution >= 0.6 is 11.6 Å². The first-order valence-electron chi connectivity index (χ1n) is 6.25. The highest BCUT2D eigenvalue weighted by Gasteiger charge is 2.12.